The van der Waals surface area contributed by atoms with Crippen molar-refractivity contribution in [2.45, 2.75) is 0 Å². The topological polar surface area (TPSA) is 16.4 Å². The number of benzene rings is 9. The van der Waals surface area contributed by atoms with Crippen LogP contribution in [0.3, 0.4) is 0 Å². The Labute approximate surface area is 310 Å². The van der Waals surface area contributed by atoms with Gasteiger partial charge in [0.1, 0.15) is 11.2 Å². The van der Waals surface area contributed by atoms with Crippen LogP contribution in [0.1, 0.15) is 0 Å². The summed E-state index contributed by atoms with van der Waals surface area (Å²) in [6.45, 7) is 0. The number of furan rings is 1. The Hall–Kier alpha value is -6.68. The fraction of sp³-hybridized carbons (Fsp3) is 0. The van der Waals surface area contributed by atoms with Crippen molar-refractivity contribution >= 4 is 92.1 Å². The van der Waals surface area contributed by atoms with E-state index in [-0.39, 0.29) is 0 Å². The fourth-order valence-electron chi connectivity index (χ4n) is 8.18. The van der Waals surface area contributed by atoms with E-state index < -0.39 is 0 Å². The Morgan fingerprint density at radius 3 is 1.89 bits per heavy atom. The number of rotatable bonds is 5. The molecule has 0 aliphatic carbocycles. The van der Waals surface area contributed by atoms with Gasteiger partial charge in [-0.3, -0.25) is 0 Å². The molecule has 53 heavy (non-hydrogen) atoms. The molecule has 0 fully saturated rings. The van der Waals surface area contributed by atoms with Crippen molar-refractivity contribution in [3.05, 3.63) is 188 Å². The highest BCUT2D eigenvalue weighted by molar-refractivity contribution is 7.26. The molecular weight excluding hydrogens is 663 g/mol. The van der Waals surface area contributed by atoms with Gasteiger partial charge in [0.2, 0.25) is 0 Å². The predicted molar refractivity (Wildman–Crippen MR) is 227 cm³/mol. The van der Waals surface area contributed by atoms with E-state index in [9.17, 15) is 0 Å². The molecule has 2 heterocycles. The average molecular weight is 694 g/mol. The quantitative estimate of drug-likeness (QED) is 0.178. The molecule has 0 saturated carbocycles. The minimum absolute atomic E-state index is 0.900. The van der Waals surface area contributed by atoms with Crippen LogP contribution in [0.4, 0.5) is 17.1 Å². The SMILES string of the molecule is c1ccc(N(c2ccc(-c3cccc4ccccc34)cc2)c2cccc3c2sc2ccccc23)c(-c2cccc3c2oc2cc4ccccc4cc23)c1. The molecule has 2 nitrogen and oxygen atoms in total. The first-order valence-electron chi connectivity index (χ1n) is 18.0. The lowest BCUT2D eigenvalue weighted by atomic mass is 9.97. The summed E-state index contributed by atoms with van der Waals surface area (Å²) in [6.07, 6.45) is 0. The highest BCUT2D eigenvalue weighted by Gasteiger charge is 2.23. The molecule has 248 valence electrons. The van der Waals surface area contributed by atoms with Crippen LogP contribution < -0.4 is 4.90 Å². The summed E-state index contributed by atoms with van der Waals surface area (Å²) in [5, 5.41) is 9.70. The van der Waals surface area contributed by atoms with E-state index in [1.54, 1.807) is 0 Å². The summed E-state index contributed by atoms with van der Waals surface area (Å²) >= 11 is 1.86. The minimum Gasteiger partial charge on any atom is -0.455 e. The second-order valence-electron chi connectivity index (χ2n) is 13.7. The summed E-state index contributed by atoms with van der Waals surface area (Å²) in [4.78, 5) is 2.44. The third kappa shape index (κ3) is 4.78. The zero-order valence-electron chi connectivity index (χ0n) is 28.7. The van der Waals surface area contributed by atoms with Crippen LogP contribution in [0.2, 0.25) is 0 Å². The molecule has 3 heteroatoms. The lowest BCUT2D eigenvalue weighted by Gasteiger charge is -2.28. The normalized spacial score (nSPS) is 11.8. The molecule has 2 aromatic heterocycles. The molecule has 0 amide bonds. The van der Waals surface area contributed by atoms with E-state index in [0.717, 1.165) is 50.1 Å². The number of fused-ring (bicyclic) bond motifs is 8. The van der Waals surface area contributed by atoms with Crippen LogP contribution in [0.15, 0.2) is 192 Å². The largest absolute Gasteiger partial charge is 0.455 e. The molecule has 0 radical (unpaired) electrons. The fourth-order valence-corrected chi connectivity index (χ4v) is 9.38. The number of hydrogen-bond acceptors (Lipinski definition) is 3. The monoisotopic (exact) mass is 693 g/mol. The lowest BCUT2D eigenvalue weighted by Crippen LogP contribution is -2.11. The minimum atomic E-state index is 0.900. The molecule has 11 rings (SSSR count). The second kappa shape index (κ2) is 11.9. The maximum Gasteiger partial charge on any atom is 0.143 e. The van der Waals surface area contributed by atoms with Crippen LogP contribution in [0, 0.1) is 0 Å². The van der Waals surface area contributed by atoms with E-state index in [2.05, 4.69) is 193 Å². The molecular formula is C50H31NOS. The zero-order valence-corrected chi connectivity index (χ0v) is 29.5. The van der Waals surface area contributed by atoms with E-state index in [1.807, 2.05) is 11.3 Å². The molecule has 0 atom stereocenters. The van der Waals surface area contributed by atoms with Crippen LogP contribution in [-0.4, -0.2) is 0 Å². The van der Waals surface area contributed by atoms with Crippen LogP contribution in [0.25, 0.3) is 85.9 Å². The van der Waals surface area contributed by atoms with E-state index in [0.29, 0.717) is 0 Å². The van der Waals surface area contributed by atoms with Gasteiger partial charge in [0, 0.05) is 43.1 Å². The van der Waals surface area contributed by atoms with Crippen molar-refractivity contribution in [3.63, 3.8) is 0 Å². The average Bonchev–Trinajstić information content (AvgIpc) is 3.79. The molecule has 0 unspecified atom stereocenters. The van der Waals surface area contributed by atoms with Gasteiger partial charge in [-0.2, -0.15) is 0 Å². The predicted octanol–water partition coefficient (Wildman–Crippen LogP) is 15.1. The Bertz CT molecular complexity index is 3180. The Kier molecular flexibility index (Phi) is 6.76. The number of hydrogen-bond donors (Lipinski definition) is 0. The van der Waals surface area contributed by atoms with Gasteiger partial charge in [-0.05, 0) is 75.1 Å². The van der Waals surface area contributed by atoms with E-state index in [1.165, 1.54) is 52.8 Å². The van der Waals surface area contributed by atoms with E-state index in [4.69, 9.17) is 4.42 Å². The van der Waals surface area contributed by atoms with Crippen molar-refractivity contribution in [2.24, 2.45) is 0 Å². The first-order valence-corrected chi connectivity index (χ1v) is 18.8. The van der Waals surface area contributed by atoms with Crippen molar-refractivity contribution in [1.29, 1.82) is 0 Å². The summed E-state index contributed by atoms with van der Waals surface area (Å²) in [6, 6.07) is 67.9. The van der Waals surface area contributed by atoms with Crippen molar-refractivity contribution in [1.82, 2.24) is 0 Å². The highest BCUT2D eigenvalue weighted by atomic mass is 32.1. The Morgan fingerprint density at radius 1 is 0.396 bits per heavy atom. The van der Waals surface area contributed by atoms with Crippen LogP contribution >= 0.6 is 11.3 Å². The van der Waals surface area contributed by atoms with E-state index >= 15 is 0 Å². The van der Waals surface area contributed by atoms with Crippen molar-refractivity contribution < 1.29 is 4.42 Å². The molecule has 0 spiro atoms. The first kappa shape index (κ1) is 30.0. The van der Waals surface area contributed by atoms with Crippen molar-refractivity contribution in [2.75, 3.05) is 4.90 Å². The third-order valence-corrected chi connectivity index (χ3v) is 11.9. The molecule has 11 aromatic rings. The third-order valence-electron chi connectivity index (χ3n) is 10.7. The van der Waals surface area contributed by atoms with Gasteiger partial charge in [0.05, 0.1) is 16.1 Å². The van der Waals surface area contributed by atoms with Gasteiger partial charge in [0.15, 0.2) is 0 Å². The van der Waals surface area contributed by atoms with Gasteiger partial charge in [-0.25, -0.2) is 0 Å². The zero-order chi connectivity index (χ0) is 34.9. The molecule has 0 bridgehead atoms. The summed E-state index contributed by atoms with van der Waals surface area (Å²) in [5.41, 5.74) is 9.74. The van der Waals surface area contributed by atoms with Crippen molar-refractivity contribution in [3.8, 4) is 22.3 Å². The molecule has 0 saturated heterocycles. The Morgan fingerprint density at radius 2 is 1.00 bits per heavy atom. The van der Waals surface area contributed by atoms with Gasteiger partial charge in [-0.15, -0.1) is 11.3 Å². The number of thiophene rings is 1. The first-order chi connectivity index (χ1) is 26.3. The molecule has 9 aromatic carbocycles. The highest BCUT2D eigenvalue weighted by Crippen LogP contribution is 2.49. The van der Waals surface area contributed by atoms with Gasteiger partial charge in [-0.1, -0.05) is 146 Å². The summed E-state index contributed by atoms with van der Waals surface area (Å²) in [7, 11) is 0. The number of para-hydroxylation sites is 2. The second-order valence-corrected chi connectivity index (χ2v) is 14.7. The van der Waals surface area contributed by atoms with Gasteiger partial charge in [0.25, 0.3) is 0 Å². The number of nitrogens with zero attached hydrogens (tertiary/aromatic N) is 1. The van der Waals surface area contributed by atoms with Crippen LogP contribution in [-0.2, 0) is 0 Å². The molecule has 0 aliphatic heterocycles. The smallest absolute Gasteiger partial charge is 0.143 e. The maximum absolute atomic E-state index is 6.79. The lowest BCUT2D eigenvalue weighted by molar-refractivity contribution is 0.670. The molecule has 0 N–H and O–H groups in total. The van der Waals surface area contributed by atoms with Crippen LogP contribution in [0.5, 0.6) is 0 Å². The maximum atomic E-state index is 6.79. The van der Waals surface area contributed by atoms with Gasteiger partial charge < -0.3 is 9.32 Å². The van der Waals surface area contributed by atoms with Gasteiger partial charge >= 0.3 is 0 Å². The molecule has 0 aliphatic rings. The number of anilines is 3. The summed E-state index contributed by atoms with van der Waals surface area (Å²) in [5.74, 6) is 0. The summed E-state index contributed by atoms with van der Waals surface area (Å²) < 4.78 is 9.33. The Balaban J connectivity index is 1.15. The standard InChI is InChI=1S/C50H31NOS/c1-2-14-35-31-47-44(30-34(35)13-1)42-21-10-20-41(49(42)52-47)39-17-5-7-23-45(39)51(46-24-11-22-43-40-18-6-8-25-48(40)53-50(43)46)36-28-26-33(27-29-36)38-19-9-15-32-12-3-4-16-37(32)38/h1-31H.